The van der Waals surface area contributed by atoms with Crippen LogP contribution in [0.5, 0.6) is 5.75 Å². The van der Waals surface area contributed by atoms with Crippen LogP contribution >= 0.6 is 11.6 Å². The van der Waals surface area contributed by atoms with E-state index in [2.05, 4.69) is 34.5 Å². The van der Waals surface area contributed by atoms with Crippen LogP contribution < -0.4 is 15.0 Å². The Morgan fingerprint density at radius 2 is 1.81 bits per heavy atom. The summed E-state index contributed by atoms with van der Waals surface area (Å²) in [7, 11) is 0. The zero-order chi connectivity index (χ0) is 19.1. The predicted molar refractivity (Wildman–Crippen MR) is 111 cm³/mol. The van der Waals surface area contributed by atoms with E-state index in [0.29, 0.717) is 23.7 Å². The van der Waals surface area contributed by atoms with Crippen molar-refractivity contribution < 1.29 is 9.53 Å². The number of anilines is 1. The molecule has 0 aliphatic carbocycles. The number of nitrogens with zero attached hydrogens (tertiary/aromatic N) is 1. The number of benzene rings is 2. The highest BCUT2D eigenvalue weighted by Crippen LogP contribution is 2.25. The maximum absolute atomic E-state index is 12.5. The zero-order valence-electron chi connectivity index (χ0n) is 15.8. The molecule has 1 N–H and O–H groups in total. The molecule has 3 rings (SSSR count). The minimum absolute atomic E-state index is 0.127. The smallest absolute Gasteiger partial charge is 0.261 e. The lowest BCUT2D eigenvalue weighted by Gasteiger charge is -2.28. The highest BCUT2D eigenvalue weighted by molar-refractivity contribution is 6.32. The van der Waals surface area contributed by atoms with E-state index >= 15 is 0 Å². The maximum atomic E-state index is 12.5. The van der Waals surface area contributed by atoms with Gasteiger partial charge in [0.15, 0.2) is 6.10 Å². The first-order valence-corrected chi connectivity index (χ1v) is 10.1. The Labute approximate surface area is 166 Å². The first kappa shape index (κ1) is 19.6. The van der Waals surface area contributed by atoms with Gasteiger partial charge < -0.3 is 15.0 Å². The fraction of sp³-hybridized carbons (Fsp3) is 0.409. The van der Waals surface area contributed by atoms with Gasteiger partial charge in [-0.3, -0.25) is 4.79 Å². The molecule has 2 aromatic carbocycles. The van der Waals surface area contributed by atoms with Crippen molar-refractivity contribution in [2.45, 2.75) is 45.3 Å². The third kappa shape index (κ3) is 5.39. The summed E-state index contributed by atoms with van der Waals surface area (Å²) in [5.74, 6) is 0.407. The van der Waals surface area contributed by atoms with Gasteiger partial charge in [-0.05, 0) is 55.5 Å². The van der Waals surface area contributed by atoms with Crippen molar-refractivity contribution >= 4 is 23.2 Å². The number of halogens is 1. The van der Waals surface area contributed by atoms with Crippen LogP contribution in [0.4, 0.5) is 5.69 Å². The number of amides is 1. The Bertz CT molecular complexity index is 742. The molecule has 1 saturated heterocycles. The Kier molecular flexibility index (Phi) is 6.99. The molecule has 0 unspecified atom stereocenters. The lowest BCUT2D eigenvalue weighted by molar-refractivity contribution is -0.128. The van der Waals surface area contributed by atoms with Crippen LogP contribution in [0.15, 0.2) is 48.5 Å². The molecule has 1 aliphatic heterocycles. The average Bonchev–Trinajstić information content (AvgIpc) is 2.72. The molecule has 0 aromatic heterocycles. The van der Waals surface area contributed by atoms with Crippen LogP contribution in [0.3, 0.4) is 0 Å². The molecule has 0 bridgehead atoms. The predicted octanol–water partition coefficient (Wildman–Crippen LogP) is 4.80. The normalized spacial score (nSPS) is 15.3. The molecule has 4 nitrogen and oxygen atoms in total. The maximum Gasteiger partial charge on any atom is 0.261 e. The molecule has 2 aromatic rings. The number of piperidine rings is 1. The minimum Gasteiger partial charge on any atom is -0.479 e. The molecule has 1 aliphatic rings. The molecular formula is C22H27ClN2O2. The van der Waals surface area contributed by atoms with Gasteiger partial charge in [-0.15, -0.1) is 0 Å². The van der Waals surface area contributed by atoms with Crippen molar-refractivity contribution in [1.82, 2.24) is 5.32 Å². The van der Waals surface area contributed by atoms with E-state index in [1.807, 2.05) is 19.1 Å². The van der Waals surface area contributed by atoms with E-state index in [9.17, 15) is 4.79 Å². The van der Waals surface area contributed by atoms with Gasteiger partial charge in [-0.25, -0.2) is 0 Å². The quantitative estimate of drug-likeness (QED) is 0.742. The summed E-state index contributed by atoms with van der Waals surface area (Å²) in [4.78, 5) is 14.9. The lowest BCUT2D eigenvalue weighted by Crippen LogP contribution is -2.37. The summed E-state index contributed by atoms with van der Waals surface area (Å²) in [6.45, 7) is 4.68. The van der Waals surface area contributed by atoms with Crippen molar-refractivity contribution in [3.63, 3.8) is 0 Å². The average molecular weight is 387 g/mol. The van der Waals surface area contributed by atoms with Crippen molar-refractivity contribution in [3.05, 3.63) is 59.1 Å². The number of nitrogens with one attached hydrogen (secondary N) is 1. The molecule has 1 fully saturated rings. The summed E-state index contributed by atoms with van der Waals surface area (Å²) in [5, 5.41) is 3.48. The highest BCUT2D eigenvalue weighted by Gasteiger charge is 2.19. The van der Waals surface area contributed by atoms with Gasteiger partial charge in [0.25, 0.3) is 5.91 Å². The molecular weight excluding hydrogens is 360 g/mol. The van der Waals surface area contributed by atoms with Crippen LogP contribution in [0.2, 0.25) is 5.02 Å². The monoisotopic (exact) mass is 386 g/mol. The van der Waals surface area contributed by atoms with Crippen LogP contribution in [-0.4, -0.2) is 25.1 Å². The van der Waals surface area contributed by atoms with Crippen LogP contribution in [-0.2, 0) is 11.3 Å². The Morgan fingerprint density at radius 3 is 2.48 bits per heavy atom. The SMILES string of the molecule is CC[C@H](Oc1ccccc1Cl)C(=O)NCc1ccc(N2CCCCC2)cc1. The molecule has 0 saturated carbocycles. The molecule has 0 radical (unpaired) electrons. The molecule has 0 spiro atoms. The molecule has 1 amide bonds. The number of rotatable bonds is 7. The number of carbonyl (C=O) groups excluding carboxylic acids is 1. The third-order valence-corrected chi connectivity index (χ3v) is 5.21. The second-order valence-corrected chi connectivity index (χ2v) is 7.28. The first-order chi connectivity index (χ1) is 13.2. The van der Waals surface area contributed by atoms with Crippen molar-refractivity contribution in [1.29, 1.82) is 0 Å². The second kappa shape index (κ2) is 9.65. The summed E-state index contributed by atoms with van der Waals surface area (Å²) < 4.78 is 5.79. The standard InChI is InChI=1S/C22H27ClN2O2/c1-2-20(27-21-9-5-4-8-19(21)23)22(26)24-16-17-10-12-18(13-11-17)25-14-6-3-7-15-25/h4-5,8-13,20H,2-3,6-7,14-16H2,1H3,(H,24,26)/t20-/m0/s1. The Hall–Kier alpha value is -2.20. The van der Waals surface area contributed by atoms with Crippen LogP contribution in [0, 0.1) is 0 Å². The van der Waals surface area contributed by atoms with Gasteiger partial charge >= 0.3 is 0 Å². The Balaban J connectivity index is 1.53. The third-order valence-electron chi connectivity index (χ3n) is 4.89. The van der Waals surface area contributed by atoms with Crippen molar-refractivity contribution in [2.75, 3.05) is 18.0 Å². The van der Waals surface area contributed by atoms with Crippen LogP contribution in [0.1, 0.15) is 38.2 Å². The van der Waals surface area contributed by atoms with Crippen LogP contribution in [0.25, 0.3) is 0 Å². The van der Waals surface area contributed by atoms with E-state index in [0.717, 1.165) is 18.7 Å². The van der Waals surface area contributed by atoms with E-state index in [1.165, 1.54) is 24.9 Å². The highest BCUT2D eigenvalue weighted by atomic mass is 35.5. The van der Waals surface area contributed by atoms with E-state index in [1.54, 1.807) is 12.1 Å². The van der Waals surface area contributed by atoms with Crippen molar-refractivity contribution in [2.24, 2.45) is 0 Å². The van der Waals surface area contributed by atoms with Gasteiger partial charge in [0.2, 0.25) is 0 Å². The summed E-state index contributed by atoms with van der Waals surface area (Å²) in [5.41, 5.74) is 2.34. The van der Waals surface area contributed by atoms with Crippen molar-refractivity contribution in [3.8, 4) is 5.75 Å². The van der Waals surface area contributed by atoms with E-state index in [-0.39, 0.29) is 5.91 Å². The van der Waals surface area contributed by atoms with E-state index in [4.69, 9.17) is 16.3 Å². The van der Waals surface area contributed by atoms with Gasteiger partial charge in [-0.2, -0.15) is 0 Å². The summed E-state index contributed by atoms with van der Waals surface area (Å²) in [6, 6.07) is 15.7. The molecule has 1 atom stereocenters. The number of hydrogen-bond acceptors (Lipinski definition) is 3. The first-order valence-electron chi connectivity index (χ1n) is 9.70. The summed E-state index contributed by atoms with van der Waals surface area (Å²) >= 11 is 6.12. The minimum atomic E-state index is -0.558. The molecule has 1 heterocycles. The number of carbonyl (C=O) groups is 1. The molecule has 5 heteroatoms. The number of para-hydroxylation sites is 1. The second-order valence-electron chi connectivity index (χ2n) is 6.88. The zero-order valence-corrected chi connectivity index (χ0v) is 16.5. The lowest BCUT2D eigenvalue weighted by atomic mass is 10.1. The fourth-order valence-electron chi connectivity index (χ4n) is 3.30. The summed E-state index contributed by atoms with van der Waals surface area (Å²) in [6.07, 6.45) is 3.88. The number of ether oxygens (including phenoxy) is 1. The van der Waals surface area contributed by atoms with Gasteiger partial charge in [0, 0.05) is 25.3 Å². The number of hydrogen-bond donors (Lipinski definition) is 1. The Morgan fingerprint density at radius 1 is 1.11 bits per heavy atom. The molecule has 27 heavy (non-hydrogen) atoms. The topological polar surface area (TPSA) is 41.6 Å². The van der Waals surface area contributed by atoms with Gasteiger partial charge in [0.1, 0.15) is 5.75 Å². The van der Waals surface area contributed by atoms with Gasteiger partial charge in [-0.1, -0.05) is 42.8 Å². The van der Waals surface area contributed by atoms with Gasteiger partial charge in [0.05, 0.1) is 5.02 Å². The van der Waals surface area contributed by atoms with E-state index < -0.39 is 6.10 Å². The fourth-order valence-corrected chi connectivity index (χ4v) is 3.48. The largest absolute Gasteiger partial charge is 0.479 e. The molecule has 144 valence electrons.